The number of anilines is 1. The van der Waals surface area contributed by atoms with Crippen molar-refractivity contribution in [2.24, 2.45) is 11.8 Å². The standard InChI is InChI=1S/C27H31F4IN2O4/c1-15(2)34(25(35)18-7-5-16(3)6-8-18)22-13-21(28)23(12-19(22)26(36)37-4)38-24-20(27(29,30)31)11-17(9-10-32)14-33-24/h11-16,18H,5-10H2,1-4H3. The van der Waals surface area contributed by atoms with Crippen LogP contribution in [0.1, 0.15) is 67.9 Å². The van der Waals surface area contributed by atoms with Gasteiger partial charge in [0.25, 0.3) is 0 Å². The molecule has 0 radical (unpaired) electrons. The molecule has 1 heterocycles. The number of benzene rings is 1. The minimum atomic E-state index is -4.80. The zero-order valence-electron chi connectivity index (χ0n) is 21.7. The molecule has 38 heavy (non-hydrogen) atoms. The molecule has 3 rings (SSSR count). The van der Waals surface area contributed by atoms with E-state index in [-0.39, 0.29) is 23.1 Å². The van der Waals surface area contributed by atoms with Gasteiger partial charge in [-0.1, -0.05) is 29.5 Å². The first-order chi connectivity index (χ1) is 17.9. The Morgan fingerprint density at radius 1 is 1.16 bits per heavy atom. The Balaban J connectivity index is 2.06. The molecule has 0 aliphatic heterocycles. The van der Waals surface area contributed by atoms with Crippen LogP contribution in [0.4, 0.5) is 23.2 Å². The smallest absolute Gasteiger partial charge is 0.421 e. The minimum Gasteiger partial charge on any atom is -0.465 e. The fourth-order valence-corrected chi connectivity index (χ4v) is 5.20. The van der Waals surface area contributed by atoms with Crippen LogP contribution < -0.4 is 9.64 Å². The van der Waals surface area contributed by atoms with Gasteiger partial charge in [0.2, 0.25) is 11.8 Å². The molecule has 1 fully saturated rings. The van der Waals surface area contributed by atoms with Crippen LogP contribution in [0, 0.1) is 17.7 Å². The van der Waals surface area contributed by atoms with E-state index < -0.39 is 41.2 Å². The van der Waals surface area contributed by atoms with Gasteiger partial charge in [-0.2, -0.15) is 13.2 Å². The van der Waals surface area contributed by atoms with Crippen LogP contribution in [0.5, 0.6) is 11.6 Å². The third kappa shape index (κ3) is 6.95. The summed E-state index contributed by atoms with van der Waals surface area (Å²) in [6.45, 7) is 5.60. The SMILES string of the molecule is COC(=O)c1cc(Oc2ncc(CCI)cc2C(F)(F)F)c(F)cc1N(C(=O)C1CCC(C)CC1)C(C)C. The van der Waals surface area contributed by atoms with Crippen LogP contribution in [-0.4, -0.2) is 34.4 Å². The van der Waals surface area contributed by atoms with Crippen molar-refractivity contribution in [1.29, 1.82) is 0 Å². The molecule has 11 heteroatoms. The van der Waals surface area contributed by atoms with E-state index in [1.54, 1.807) is 13.8 Å². The number of carbonyl (C=O) groups is 2. The van der Waals surface area contributed by atoms with E-state index in [2.05, 4.69) is 11.9 Å². The summed E-state index contributed by atoms with van der Waals surface area (Å²) in [6.07, 6.45) is -0.0628. The van der Waals surface area contributed by atoms with Gasteiger partial charge in [0.05, 0.1) is 18.4 Å². The zero-order valence-corrected chi connectivity index (χ0v) is 23.9. The van der Waals surface area contributed by atoms with Crippen molar-refractivity contribution in [2.45, 2.75) is 65.1 Å². The number of halogens is 5. The van der Waals surface area contributed by atoms with Crippen LogP contribution in [0.25, 0.3) is 0 Å². The highest BCUT2D eigenvalue weighted by atomic mass is 127. The van der Waals surface area contributed by atoms with Crippen LogP contribution in [-0.2, 0) is 22.1 Å². The van der Waals surface area contributed by atoms with Crippen molar-refractivity contribution in [3.63, 3.8) is 0 Å². The van der Waals surface area contributed by atoms with Crippen LogP contribution >= 0.6 is 22.6 Å². The number of nitrogens with zero attached hydrogens (tertiary/aromatic N) is 2. The quantitative estimate of drug-likeness (QED) is 0.129. The molecule has 1 aliphatic rings. The van der Waals surface area contributed by atoms with Gasteiger partial charge in [-0.05, 0) is 63.5 Å². The van der Waals surface area contributed by atoms with E-state index >= 15 is 4.39 Å². The van der Waals surface area contributed by atoms with Crippen LogP contribution in [0.3, 0.4) is 0 Å². The van der Waals surface area contributed by atoms with Crippen molar-refractivity contribution in [3.8, 4) is 11.6 Å². The number of esters is 1. The first-order valence-corrected chi connectivity index (χ1v) is 13.9. The summed E-state index contributed by atoms with van der Waals surface area (Å²) in [7, 11) is 1.12. The number of hydrogen-bond acceptors (Lipinski definition) is 5. The summed E-state index contributed by atoms with van der Waals surface area (Å²) < 4.78 is 67.4. The number of pyridine rings is 1. The molecule has 1 aromatic carbocycles. The van der Waals surface area contributed by atoms with E-state index in [0.29, 0.717) is 35.2 Å². The third-order valence-corrected chi connectivity index (χ3v) is 7.18. The molecule has 2 aromatic rings. The van der Waals surface area contributed by atoms with E-state index in [4.69, 9.17) is 9.47 Å². The van der Waals surface area contributed by atoms with Gasteiger partial charge in [0, 0.05) is 34.7 Å². The number of aromatic nitrogens is 1. The van der Waals surface area contributed by atoms with Crippen molar-refractivity contribution >= 4 is 40.2 Å². The number of carbonyl (C=O) groups excluding carboxylic acids is 2. The normalized spacial score (nSPS) is 17.8. The Morgan fingerprint density at radius 3 is 2.37 bits per heavy atom. The summed E-state index contributed by atoms with van der Waals surface area (Å²) in [5.41, 5.74) is -1.03. The van der Waals surface area contributed by atoms with E-state index in [9.17, 15) is 22.8 Å². The molecule has 0 atom stereocenters. The number of methoxy groups -OCH3 is 1. The second kappa shape index (κ2) is 12.6. The molecular formula is C27H31F4IN2O4. The highest BCUT2D eigenvalue weighted by Crippen LogP contribution is 2.40. The van der Waals surface area contributed by atoms with E-state index in [1.165, 1.54) is 11.1 Å². The maximum atomic E-state index is 15.4. The highest BCUT2D eigenvalue weighted by molar-refractivity contribution is 14.1. The summed E-state index contributed by atoms with van der Waals surface area (Å²) in [5, 5.41) is 0. The van der Waals surface area contributed by atoms with Gasteiger partial charge in [-0.25, -0.2) is 14.2 Å². The molecule has 0 bridgehead atoms. The van der Waals surface area contributed by atoms with Gasteiger partial charge >= 0.3 is 12.1 Å². The topological polar surface area (TPSA) is 68.7 Å². The molecule has 208 valence electrons. The molecule has 0 unspecified atom stereocenters. The van der Waals surface area contributed by atoms with Gasteiger partial charge in [0.15, 0.2) is 11.6 Å². The average Bonchev–Trinajstić information content (AvgIpc) is 2.85. The monoisotopic (exact) mass is 650 g/mol. The first-order valence-electron chi connectivity index (χ1n) is 12.4. The zero-order chi connectivity index (χ0) is 28.2. The van der Waals surface area contributed by atoms with Gasteiger partial charge in [-0.3, -0.25) is 4.79 Å². The van der Waals surface area contributed by atoms with Crippen LogP contribution in [0.2, 0.25) is 0 Å². The summed E-state index contributed by atoms with van der Waals surface area (Å²) in [6, 6.07) is 2.38. The Labute approximate surface area is 233 Å². The highest BCUT2D eigenvalue weighted by Gasteiger charge is 2.37. The summed E-state index contributed by atoms with van der Waals surface area (Å²) in [4.78, 5) is 31.4. The number of hydrogen-bond donors (Lipinski definition) is 0. The van der Waals surface area contributed by atoms with Crippen LogP contribution in [0.15, 0.2) is 24.4 Å². The lowest BCUT2D eigenvalue weighted by Gasteiger charge is -2.34. The Morgan fingerprint density at radius 2 is 1.82 bits per heavy atom. The summed E-state index contributed by atoms with van der Waals surface area (Å²) >= 11 is 2.04. The van der Waals surface area contributed by atoms with Gasteiger partial charge in [-0.15, -0.1) is 0 Å². The third-order valence-electron chi connectivity index (χ3n) is 6.64. The van der Waals surface area contributed by atoms with Gasteiger partial charge < -0.3 is 14.4 Å². The second-order valence-corrected chi connectivity index (χ2v) is 10.9. The molecule has 0 N–H and O–H groups in total. The molecule has 1 saturated carbocycles. The predicted octanol–water partition coefficient (Wildman–Crippen LogP) is 7.36. The van der Waals surface area contributed by atoms with Gasteiger partial charge in [0.1, 0.15) is 5.56 Å². The molecule has 0 spiro atoms. The maximum Gasteiger partial charge on any atom is 0.421 e. The number of rotatable bonds is 8. The Bertz CT molecular complexity index is 1160. The van der Waals surface area contributed by atoms with Crippen molar-refractivity contribution in [3.05, 3.63) is 46.9 Å². The second-order valence-electron chi connectivity index (χ2n) is 9.79. The maximum absolute atomic E-state index is 15.4. The first kappa shape index (κ1) is 30.1. The van der Waals surface area contributed by atoms with Crippen molar-refractivity contribution in [1.82, 2.24) is 4.98 Å². The molecule has 1 aromatic heterocycles. The number of ether oxygens (including phenoxy) is 2. The van der Waals surface area contributed by atoms with Crippen molar-refractivity contribution < 1.29 is 36.6 Å². The minimum absolute atomic E-state index is 0.0262. The lowest BCUT2D eigenvalue weighted by atomic mass is 9.82. The fourth-order valence-electron chi connectivity index (χ4n) is 4.58. The molecule has 6 nitrogen and oxygen atoms in total. The Kier molecular flexibility index (Phi) is 9.99. The molecule has 0 saturated heterocycles. The number of alkyl halides is 4. The summed E-state index contributed by atoms with van der Waals surface area (Å²) in [5.74, 6) is -3.43. The van der Waals surface area contributed by atoms with Crippen molar-refractivity contribution in [2.75, 3.05) is 16.4 Å². The molecule has 1 amide bonds. The lowest BCUT2D eigenvalue weighted by Crippen LogP contribution is -2.43. The average molecular weight is 650 g/mol. The lowest BCUT2D eigenvalue weighted by molar-refractivity contribution is -0.139. The van der Waals surface area contributed by atoms with E-state index in [1.807, 2.05) is 22.6 Å². The fraction of sp³-hybridized carbons (Fsp3) is 0.519. The number of amides is 1. The molecule has 1 aliphatic carbocycles. The largest absolute Gasteiger partial charge is 0.465 e. The molecular weight excluding hydrogens is 619 g/mol. The number of aryl methyl sites for hydroxylation is 1. The van der Waals surface area contributed by atoms with E-state index in [0.717, 1.165) is 38.2 Å². The predicted molar refractivity (Wildman–Crippen MR) is 143 cm³/mol. The Hall–Kier alpha value is -2.44.